The number of ether oxygens (including phenoxy) is 1. The van der Waals surface area contributed by atoms with E-state index >= 15 is 0 Å². The lowest BCUT2D eigenvalue weighted by atomic mass is 10.2. The number of nitrogens with one attached hydrogen (secondary N) is 1. The molecule has 0 saturated carbocycles. The van der Waals surface area contributed by atoms with Gasteiger partial charge in [-0.2, -0.15) is 0 Å². The second-order valence-electron chi connectivity index (χ2n) is 5.50. The first-order valence-corrected chi connectivity index (χ1v) is 7.66. The smallest absolute Gasteiger partial charge is 0.268 e. The predicted molar refractivity (Wildman–Crippen MR) is 81.2 cm³/mol. The van der Waals surface area contributed by atoms with Crippen LogP contribution in [0.4, 0.5) is 10.9 Å². The maximum absolute atomic E-state index is 12.5. The van der Waals surface area contributed by atoms with Gasteiger partial charge < -0.3 is 20.7 Å². The molecule has 1 aliphatic rings. The van der Waals surface area contributed by atoms with Crippen LogP contribution < -0.4 is 11.1 Å². The van der Waals surface area contributed by atoms with E-state index in [-0.39, 0.29) is 24.2 Å². The van der Waals surface area contributed by atoms with Gasteiger partial charge in [0.1, 0.15) is 10.7 Å². The van der Waals surface area contributed by atoms with Crippen molar-refractivity contribution in [3.63, 3.8) is 0 Å². The topological polar surface area (TPSA) is 80.5 Å². The Bertz CT molecular complexity index is 479. The molecule has 0 radical (unpaired) electrons. The number of nitrogen functional groups attached to an aromatic ring is 1. The molecule has 112 valence electrons. The van der Waals surface area contributed by atoms with Gasteiger partial charge in [-0.3, -0.25) is 4.79 Å². The van der Waals surface area contributed by atoms with Crippen LogP contribution in [0, 0.1) is 0 Å². The molecule has 20 heavy (non-hydrogen) atoms. The Morgan fingerprint density at radius 1 is 1.45 bits per heavy atom. The molecule has 1 aromatic heterocycles. The number of morpholine rings is 1. The van der Waals surface area contributed by atoms with Crippen molar-refractivity contribution in [1.82, 2.24) is 9.88 Å². The van der Waals surface area contributed by atoms with E-state index in [1.165, 1.54) is 11.3 Å². The molecule has 1 amide bonds. The van der Waals surface area contributed by atoms with E-state index in [1.54, 1.807) is 4.90 Å². The number of nitrogens with zero attached hydrogens (tertiary/aromatic N) is 2. The molecule has 7 heteroatoms. The number of hydrogen-bond donors (Lipinski definition) is 2. The molecule has 0 aliphatic carbocycles. The van der Waals surface area contributed by atoms with E-state index in [4.69, 9.17) is 10.5 Å². The van der Waals surface area contributed by atoms with Crippen LogP contribution in [0.1, 0.15) is 37.4 Å². The summed E-state index contributed by atoms with van der Waals surface area (Å²) in [6.07, 6.45) is 0.0928. The second-order valence-corrected chi connectivity index (χ2v) is 6.50. The molecule has 2 atom stereocenters. The number of carbonyl (C=O) groups is 1. The van der Waals surface area contributed by atoms with Crippen molar-refractivity contribution in [2.75, 3.05) is 24.1 Å². The summed E-state index contributed by atoms with van der Waals surface area (Å²) in [7, 11) is 0. The fourth-order valence-corrected chi connectivity index (χ4v) is 3.28. The summed E-state index contributed by atoms with van der Waals surface area (Å²) < 4.78 is 5.64. The van der Waals surface area contributed by atoms with Gasteiger partial charge in [-0.25, -0.2) is 4.98 Å². The van der Waals surface area contributed by atoms with Crippen LogP contribution in [0.3, 0.4) is 0 Å². The zero-order valence-corrected chi connectivity index (χ0v) is 13.2. The molecule has 1 fully saturated rings. The fraction of sp³-hybridized carbons (Fsp3) is 0.692. The number of nitrogens with two attached hydrogens (primary N) is 1. The fourth-order valence-electron chi connectivity index (χ4n) is 2.28. The molecule has 3 N–H and O–H groups in total. The lowest BCUT2D eigenvalue weighted by Crippen LogP contribution is -2.48. The maximum Gasteiger partial charge on any atom is 0.268 e. The molecule has 0 spiro atoms. The molecule has 6 nitrogen and oxygen atoms in total. The summed E-state index contributed by atoms with van der Waals surface area (Å²) in [5.41, 5.74) is 5.87. The van der Waals surface area contributed by atoms with E-state index in [9.17, 15) is 4.79 Å². The minimum absolute atomic E-state index is 0.0464. The SMILES string of the molecule is CC(C)Nc1nc(N)c(C(=O)N2CC(C)OC(C)C2)s1. The highest BCUT2D eigenvalue weighted by atomic mass is 32.1. The monoisotopic (exact) mass is 298 g/mol. The van der Waals surface area contributed by atoms with Crippen molar-refractivity contribution in [1.29, 1.82) is 0 Å². The van der Waals surface area contributed by atoms with Crippen molar-refractivity contribution in [3.05, 3.63) is 4.88 Å². The summed E-state index contributed by atoms with van der Waals surface area (Å²) >= 11 is 1.31. The first-order valence-electron chi connectivity index (χ1n) is 6.84. The molecule has 0 aromatic carbocycles. The zero-order valence-electron chi connectivity index (χ0n) is 12.3. The van der Waals surface area contributed by atoms with E-state index in [2.05, 4.69) is 10.3 Å². The number of rotatable bonds is 3. The average Bonchev–Trinajstić information content (AvgIpc) is 2.67. The molecular formula is C13H22N4O2S. The lowest BCUT2D eigenvalue weighted by molar-refractivity contribution is -0.0584. The Morgan fingerprint density at radius 3 is 2.60 bits per heavy atom. The molecule has 1 saturated heterocycles. The Morgan fingerprint density at radius 2 is 2.05 bits per heavy atom. The number of hydrogen-bond acceptors (Lipinski definition) is 6. The lowest BCUT2D eigenvalue weighted by Gasteiger charge is -2.35. The van der Waals surface area contributed by atoms with E-state index in [0.717, 1.165) is 0 Å². The van der Waals surface area contributed by atoms with Crippen LogP contribution in [0.5, 0.6) is 0 Å². The summed E-state index contributed by atoms with van der Waals surface area (Å²) in [5, 5.41) is 3.86. The second kappa shape index (κ2) is 5.97. The van der Waals surface area contributed by atoms with Crippen LogP contribution in [-0.2, 0) is 4.74 Å². The van der Waals surface area contributed by atoms with Crippen molar-refractivity contribution >= 4 is 28.2 Å². The summed E-state index contributed by atoms with van der Waals surface area (Å²) in [6.45, 7) is 9.16. The highest BCUT2D eigenvalue weighted by molar-refractivity contribution is 7.18. The summed E-state index contributed by atoms with van der Waals surface area (Å²) in [6, 6.07) is 0.256. The molecular weight excluding hydrogens is 276 g/mol. The van der Waals surface area contributed by atoms with Crippen LogP contribution in [0.15, 0.2) is 0 Å². The maximum atomic E-state index is 12.5. The zero-order chi connectivity index (χ0) is 14.9. The number of thiazole rings is 1. The molecule has 2 heterocycles. The van der Waals surface area contributed by atoms with Crippen LogP contribution >= 0.6 is 11.3 Å². The van der Waals surface area contributed by atoms with Gasteiger partial charge in [-0.05, 0) is 27.7 Å². The van der Waals surface area contributed by atoms with Gasteiger partial charge in [-0.15, -0.1) is 0 Å². The third-order valence-corrected chi connectivity index (χ3v) is 3.96. The molecule has 2 rings (SSSR count). The number of amides is 1. The van der Waals surface area contributed by atoms with Crippen molar-refractivity contribution in [2.24, 2.45) is 0 Å². The third-order valence-electron chi connectivity index (χ3n) is 2.97. The van der Waals surface area contributed by atoms with Gasteiger partial charge in [-0.1, -0.05) is 11.3 Å². The summed E-state index contributed by atoms with van der Waals surface area (Å²) in [5.74, 6) is 0.244. The van der Waals surface area contributed by atoms with Gasteiger partial charge in [0.25, 0.3) is 5.91 Å². The standard InChI is InChI=1S/C13H22N4O2S/c1-7(2)15-13-16-11(14)10(20-13)12(18)17-5-8(3)19-9(4)6-17/h7-9H,5-6,14H2,1-4H3,(H,15,16). The van der Waals surface area contributed by atoms with Crippen LogP contribution in [-0.4, -0.2) is 47.1 Å². The third kappa shape index (κ3) is 3.40. The normalized spacial score (nSPS) is 23.1. The molecule has 1 aliphatic heterocycles. The average molecular weight is 298 g/mol. The largest absolute Gasteiger partial charge is 0.382 e. The van der Waals surface area contributed by atoms with E-state index in [1.807, 2.05) is 27.7 Å². The molecule has 1 aromatic rings. The van der Waals surface area contributed by atoms with Gasteiger partial charge in [0.05, 0.1) is 12.2 Å². The predicted octanol–water partition coefficient (Wildman–Crippen LogP) is 1.79. The van der Waals surface area contributed by atoms with Crippen LogP contribution in [0.2, 0.25) is 0 Å². The Kier molecular flexibility index (Phi) is 4.49. The first-order chi connectivity index (χ1) is 9.36. The minimum Gasteiger partial charge on any atom is -0.382 e. The van der Waals surface area contributed by atoms with Crippen molar-refractivity contribution in [2.45, 2.75) is 45.9 Å². The van der Waals surface area contributed by atoms with Crippen LogP contribution in [0.25, 0.3) is 0 Å². The van der Waals surface area contributed by atoms with Gasteiger partial charge >= 0.3 is 0 Å². The van der Waals surface area contributed by atoms with Crippen molar-refractivity contribution in [3.8, 4) is 0 Å². The van der Waals surface area contributed by atoms with Crippen molar-refractivity contribution < 1.29 is 9.53 Å². The molecule has 0 bridgehead atoms. The van der Waals surface area contributed by atoms with E-state index in [0.29, 0.717) is 28.9 Å². The van der Waals surface area contributed by atoms with Gasteiger partial charge in [0.2, 0.25) is 0 Å². The number of carbonyl (C=O) groups excluding carboxylic acids is 1. The minimum atomic E-state index is -0.0567. The quantitative estimate of drug-likeness (QED) is 0.889. The first kappa shape index (κ1) is 15.1. The highest BCUT2D eigenvalue weighted by Gasteiger charge is 2.29. The van der Waals surface area contributed by atoms with E-state index < -0.39 is 0 Å². The molecule has 2 unspecified atom stereocenters. The Labute approximate surface area is 123 Å². The number of anilines is 2. The summed E-state index contributed by atoms with van der Waals surface area (Å²) in [4.78, 5) is 19.1. The Hall–Kier alpha value is -1.34. The van der Waals surface area contributed by atoms with Gasteiger partial charge in [0.15, 0.2) is 5.13 Å². The van der Waals surface area contributed by atoms with Gasteiger partial charge in [0, 0.05) is 19.1 Å². The number of aromatic nitrogens is 1. The highest BCUT2D eigenvalue weighted by Crippen LogP contribution is 2.27. The Balaban J connectivity index is 2.14.